The van der Waals surface area contributed by atoms with Crippen molar-refractivity contribution in [2.75, 3.05) is 5.32 Å². The minimum absolute atomic E-state index is 0.0331. The maximum absolute atomic E-state index is 13.7. The summed E-state index contributed by atoms with van der Waals surface area (Å²) in [5.41, 5.74) is -0.229. The Bertz CT molecular complexity index is 671. The van der Waals surface area contributed by atoms with Crippen LogP contribution in [-0.4, -0.2) is 12.1 Å². The smallest absolute Gasteiger partial charge is 0.319 e. The summed E-state index contributed by atoms with van der Waals surface area (Å²) >= 11 is 0. The minimum atomic E-state index is -1.58. The predicted octanol–water partition coefficient (Wildman–Crippen LogP) is 4.83. The first-order valence-electron chi connectivity index (χ1n) is 9.07. The van der Waals surface area contributed by atoms with Gasteiger partial charge in [0, 0.05) is 6.04 Å². The minimum Gasteiger partial charge on any atom is -0.335 e. The first-order valence-corrected chi connectivity index (χ1v) is 9.07. The van der Waals surface area contributed by atoms with Crippen LogP contribution in [0.4, 0.5) is 23.7 Å². The third-order valence-corrected chi connectivity index (χ3v) is 6.64. The fourth-order valence-electron chi connectivity index (χ4n) is 5.84. The molecule has 6 heteroatoms. The van der Waals surface area contributed by atoms with Gasteiger partial charge in [-0.3, -0.25) is 0 Å². The standard InChI is InChI=1S/C19H23F3N2O/c1-10(19-7-11-4-12(8-19)6-13(5-11)9-19)23-18(25)24-15-3-2-14(20)16(21)17(15)22/h2-3,10-13H,4-9H2,1H3,(H2,23,24,25). The lowest BCUT2D eigenvalue weighted by Gasteiger charge is -2.59. The Morgan fingerprint density at radius 1 is 1.04 bits per heavy atom. The van der Waals surface area contributed by atoms with Gasteiger partial charge in [-0.2, -0.15) is 0 Å². The Morgan fingerprint density at radius 2 is 1.60 bits per heavy atom. The van der Waals surface area contributed by atoms with Gasteiger partial charge in [-0.15, -0.1) is 0 Å². The second kappa shape index (κ2) is 5.92. The van der Waals surface area contributed by atoms with E-state index in [2.05, 4.69) is 10.6 Å². The molecule has 25 heavy (non-hydrogen) atoms. The molecule has 4 aliphatic carbocycles. The number of benzene rings is 1. The van der Waals surface area contributed by atoms with E-state index in [0.717, 1.165) is 49.1 Å². The number of rotatable bonds is 3. The van der Waals surface area contributed by atoms with Crippen molar-refractivity contribution >= 4 is 11.7 Å². The van der Waals surface area contributed by atoms with Crippen LogP contribution in [-0.2, 0) is 0 Å². The summed E-state index contributed by atoms with van der Waals surface area (Å²) in [6, 6.07) is 1.22. The second-order valence-electron chi connectivity index (χ2n) is 8.32. The van der Waals surface area contributed by atoms with Gasteiger partial charge in [0.05, 0.1) is 5.69 Å². The summed E-state index contributed by atoms with van der Waals surface area (Å²) < 4.78 is 40.0. The molecule has 0 aliphatic heterocycles. The van der Waals surface area contributed by atoms with Crippen LogP contribution in [0.2, 0.25) is 0 Å². The molecule has 0 aromatic heterocycles. The van der Waals surface area contributed by atoms with Crippen LogP contribution in [0.5, 0.6) is 0 Å². The fourth-order valence-corrected chi connectivity index (χ4v) is 5.84. The highest BCUT2D eigenvalue weighted by Gasteiger charge is 2.53. The van der Waals surface area contributed by atoms with Crippen molar-refractivity contribution < 1.29 is 18.0 Å². The Balaban J connectivity index is 1.44. The van der Waals surface area contributed by atoms with E-state index in [-0.39, 0.29) is 17.1 Å². The lowest BCUT2D eigenvalue weighted by Crippen LogP contribution is -2.56. The molecule has 1 unspecified atom stereocenters. The van der Waals surface area contributed by atoms with Crippen LogP contribution >= 0.6 is 0 Å². The van der Waals surface area contributed by atoms with Crippen molar-refractivity contribution in [3.63, 3.8) is 0 Å². The van der Waals surface area contributed by atoms with E-state index < -0.39 is 23.5 Å². The Hall–Kier alpha value is -1.72. The van der Waals surface area contributed by atoms with E-state index in [1.165, 1.54) is 19.3 Å². The average Bonchev–Trinajstić information content (AvgIpc) is 2.54. The van der Waals surface area contributed by atoms with Gasteiger partial charge in [-0.1, -0.05) is 0 Å². The number of carbonyl (C=O) groups excluding carboxylic acids is 1. The molecule has 1 aromatic carbocycles. The summed E-state index contributed by atoms with van der Waals surface area (Å²) in [5.74, 6) is -1.93. The number of urea groups is 1. The summed E-state index contributed by atoms with van der Waals surface area (Å²) in [5, 5.41) is 5.22. The van der Waals surface area contributed by atoms with Crippen molar-refractivity contribution in [1.29, 1.82) is 0 Å². The van der Waals surface area contributed by atoms with Crippen LogP contribution < -0.4 is 10.6 Å². The molecule has 0 saturated heterocycles. The first kappa shape index (κ1) is 16.7. The maximum Gasteiger partial charge on any atom is 0.319 e. The maximum atomic E-state index is 13.7. The Kier molecular flexibility index (Phi) is 3.96. The van der Waals surface area contributed by atoms with Crippen LogP contribution in [0.1, 0.15) is 45.4 Å². The number of nitrogens with one attached hydrogen (secondary N) is 2. The third-order valence-electron chi connectivity index (χ3n) is 6.64. The van der Waals surface area contributed by atoms with E-state index in [9.17, 15) is 18.0 Å². The highest BCUT2D eigenvalue weighted by molar-refractivity contribution is 5.89. The van der Waals surface area contributed by atoms with Crippen LogP contribution in [0.15, 0.2) is 12.1 Å². The van der Waals surface area contributed by atoms with Crippen molar-refractivity contribution in [1.82, 2.24) is 5.32 Å². The molecule has 2 N–H and O–H groups in total. The highest BCUT2D eigenvalue weighted by Crippen LogP contribution is 2.61. The number of anilines is 1. The van der Waals surface area contributed by atoms with Gasteiger partial charge < -0.3 is 10.6 Å². The zero-order valence-electron chi connectivity index (χ0n) is 14.2. The molecule has 4 bridgehead atoms. The van der Waals surface area contributed by atoms with E-state index >= 15 is 0 Å². The van der Waals surface area contributed by atoms with E-state index in [1.807, 2.05) is 6.92 Å². The number of amides is 2. The molecule has 0 spiro atoms. The molecular formula is C19H23F3N2O. The number of hydrogen-bond acceptors (Lipinski definition) is 1. The summed E-state index contributed by atoms with van der Waals surface area (Å²) in [6.07, 6.45) is 7.37. The summed E-state index contributed by atoms with van der Waals surface area (Å²) in [6.45, 7) is 2.01. The lowest BCUT2D eigenvalue weighted by molar-refractivity contribution is -0.0679. The van der Waals surface area contributed by atoms with E-state index in [0.29, 0.717) is 0 Å². The largest absolute Gasteiger partial charge is 0.335 e. The van der Waals surface area contributed by atoms with Crippen LogP contribution in [0.3, 0.4) is 0 Å². The highest BCUT2D eigenvalue weighted by atomic mass is 19.2. The van der Waals surface area contributed by atoms with Gasteiger partial charge in [0.2, 0.25) is 0 Å². The normalized spacial score (nSPS) is 34.0. The van der Waals surface area contributed by atoms with Gasteiger partial charge in [-0.25, -0.2) is 18.0 Å². The molecule has 4 fully saturated rings. The molecule has 3 nitrogen and oxygen atoms in total. The van der Waals surface area contributed by atoms with Gasteiger partial charge in [-0.05, 0) is 80.8 Å². The zero-order chi connectivity index (χ0) is 17.8. The van der Waals surface area contributed by atoms with Crippen molar-refractivity contribution in [2.45, 2.75) is 51.5 Å². The average molecular weight is 352 g/mol. The molecule has 1 atom stereocenters. The number of hydrogen-bond donors (Lipinski definition) is 2. The van der Waals surface area contributed by atoms with E-state index in [4.69, 9.17) is 0 Å². The quantitative estimate of drug-likeness (QED) is 0.752. The van der Waals surface area contributed by atoms with Gasteiger partial charge in [0.25, 0.3) is 0 Å². The molecule has 4 saturated carbocycles. The topological polar surface area (TPSA) is 41.1 Å². The van der Waals surface area contributed by atoms with Crippen LogP contribution in [0.25, 0.3) is 0 Å². The van der Waals surface area contributed by atoms with Gasteiger partial charge in [0.15, 0.2) is 17.5 Å². The molecule has 4 aliphatic rings. The molecule has 5 rings (SSSR count). The van der Waals surface area contributed by atoms with Crippen molar-refractivity contribution in [2.24, 2.45) is 23.2 Å². The van der Waals surface area contributed by atoms with Crippen molar-refractivity contribution in [3.05, 3.63) is 29.6 Å². The number of halogens is 3. The Labute approximate surface area is 145 Å². The molecule has 0 radical (unpaired) electrons. The SMILES string of the molecule is CC(NC(=O)Nc1ccc(F)c(F)c1F)C12CC3CC(CC(C3)C1)C2. The molecule has 136 valence electrons. The first-order chi connectivity index (χ1) is 11.9. The fraction of sp³-hybridized carbons (Fsp3) is 0.632. The van der Waals surface area contributed by atoms with E-state index in [1.54, 1.807) is 0 Å². The molecular weight excluding hydrogens is 329 g/mol. The number of carbonyl (C=O) groups is 1. The second-order valence-corrected chi connectivity index (χ2v) is 8.32. The van der Waals surface area contributed by atoms with Crippen LogP contribution in [0, 0.1) is 40.6 Å². The molecule has 0 heterocycles. The molecule has 1 aromatic rings. The zero-order valence-corrected chi connectivity index (χ0v) is 14.2. The monoisotopic (exact) mass is 352 g/mol. The van der Waals surface area contributed by atoms with Gasteiger partial charge in [0.1, 0.15) is 0 Å². The molecule has 2 amide bonds. The lowest BCUT2D eigenvalue weighted by atomic mass is 9.48. The third kappa shape index (κ3) is 2.89. The van der Waals surface area contributed by atoms with Gasteiger partial charge >= 0.3 is 6.03 Å². The Morgan fingerprint density at radius 3 is 2.16 bits per heavy atom. The summed E-state index contributed by atoms with van der Waals surface area (Å²) in [7, 11) is 0. The predicted molar refractivity (Wildman–Crippen MR) is 88.5 cm³/mol. The van der Waals surface area contributed by atoms with Crippen molar-refractivity contribution in [3.8, 4) is 0 Å². The summed E-state index contributed by atoms with van der Waals surface area (Å²) in [4.78, 5) is 12.3.